The van der Waals surface area contributed by atoms with Crippen molar-refractivity contribution in [2.24, 2.45) is 0 Å². The molecule has 1 unspecified atom stereocenters. The van der Waals surface area contributed by atoms with Crippen molar-refractivity contribution in [1.82, 2.24) is 5.32 Å². The van der Waals surface area contributed by atoms with Crippen LogP contribution >= 0.6 is 12.4 Å². The fourth-order valence-corrected chi connectivity index (χ4v) is 3.70. The molecule has 0 saturated carbocycles. The van der Waals surface area contributed by atoms with Crippen LogP contribution in [0, 0.1) is 0 Å². The zero-order chi connectivity index (χ0) is 22.8. The molecule has 0 aliphatic carbocycles. The molecule has 1 N–H and O–H groups in total. The summed E-state index contributed by atoms with van der Waals surface area (Å²) < 4.78 is 16.2. The van der Waals surface area contributed by atoms with E-state index in [0.29, 0.717) is 6.04 Å². The third-order valence-corrected chi connectivity index (χ3v) is 5.49. The van der Waals surface area contributed by atoms with Crippen LogP contribution in [0.4, 0.5) is 0 Å². The summed E-state index contributed by atoms with van der Waals surface area (Å²) in [5.74, 6) is 2.41. The highest BCUT2D eigenvalue weighted by atomic mass is 35.5. The summed E-state index contributed by atoms with van der Waals surface area (Å²) in [5, 5.41) is 3.65. The Kier molecular flexibility index (Phi) is 10.8. The molecular weight excluding hydrogens is 434 g/mol. The molecule has 1 atom stereocenters. The molecule has 0 saturated heterocycles. The number of halogens is 1. The van der Waals surface area contributed by atoms with Crippen molar-refractivity contribution >= 4 is 24.6 Å². The molecular formula is C28H34ClNO3. The summed E-state index contributed by atoms with van der Waals surface area (Å²) in [5.41, 5.74) is 4.89. The molecule has 4 nitrogen and oxygen atoms in total. The van der Waals surface area contributed by atoms with E-state index in [0.717, 1.165) is 36.6 Å². The van der Waals surface area contributed by atoms with Crippen molar-refractivity contribution in [3.05, 3.63) is 89.0 Å². The average Bonchev–Trinajstić information content (AvgIpc) is 2.83. The molecule has 0 amide bonds. The lowest BCUT2D eigenvalue weighted by Crippen LogP contribution is -2.30. The van der Waals surface area contributed by atoms with Gasteiger partial charge in [0.2, 0.25) is 0 Å². The number of methoxy groups -OCH3 is 3. The Hall–Kier alpha value is -2.95. The lowest BCUT2D eigenvalue weighted by Gasteiger charge is -2.17. The summed E-state index contributed by atoms with van der Waals surface area (Å²) >= 11 is 0. The maximum absolute atomic E-state index is 5.47. The van der Waals surface area contributed by atoms with Crippen molar-refractivity contribution in [3.8, 4) is 17.2 Å². The Bertz CT molecular complexity index is 1020. The third kappa shape index (κ3) is 7.85. The van der Waals surface area contributed by atoms with E-state index < -0.39 is 0 Å². The number of benzene rings is 3. The van der Waals surface area contributed by atoms with Gasteiger partial charge < -0.3 is 19.5 Å². The van der Waals surface area contributed by atoms with E-state index in [9.17, 15) is 0 Å². The molecule has 0 aliphatic heterocycles. The summed E-state index contributed by atoms with van der Waals surface area (Å²) in [7, 11) is 5.03. The van der Waals surface area contributed by atoms with Crippen molar-refractivity contribution in [2.45, 2.75) is 25.8 Å². The van der Waals surface area contributed by atoms with Crippen molar-refractivity contribution in [3.63, 3.8) is 0 Å². The van der Waals surface area contributed by atoms with Crippen LogP contribution in [0.1, 0.15) is 29.2 Å². The van der Waals surface area contributed by atoms with E-state index in [4.69, 9.17) is 14.2 Å². The second-order valence-corrected chi connectivity index (χ2v) is 7.81. The number of nitrogens with one attached hydrogen (secondary N) is 1. The molecule has 0 aromatic heterocycles. The third-order valence-electron chi connectivity index (χ3n) is 5.49. The fraction of sp³-hybridized carbons (Fsp3) is 0.286. The molecule has 0 bridgehead atoms. The predicted octanol–water partition coefficient (Wildman–Crippen LogP) is 6.07. The van der Waals surface area contributed by atoms with Crippen molar-refractivity contribution in [2.75, 3.05) is 27.9 Å². The van der Waals surface area contributed by atoms with Crippen LogP contribution in [0.5, 0.6) is 17.2 Å². The Balaban J connectivity index is 0.00000385. The summed E-state index contributed by atoms with van der Waals surface area (Å²) in [4.78, 5) is 0. The highest BCUT2D eigenvalue weighted by molar-refractivity contribution is 5.85. The van der Waals surface area contributed by atoms with Gasteiger partial charge in [0, 0.05) is 6.04 Å². The van der Waals surface area contributed by atoms with Gasteiger partial charge in [0.15, 0.2) is 11.5 Å². The number of hydrogen-bond acceptors (Lipinski definition) is 4. The van der Waals surface area contributed by atoms with Gasteiger partial charge in [-0.25, -0.2) is 0 Å². The minimum Gasteiger partial charge on any atom is -0.497 e. The van der Waals surface area contributed by atoms with Gasteiger partial charge in [0.05, 0.1) is 21.3 Å². The molecule has 0 radical (unpaired) electrons. The highest BCUT2D eigenvalue weighted by Crippen LogP contribution is 2.27. The topological polar surface area (TPSA) is 39.7 Å². The lowest BCUT2D eigenvalue weighted by molar-refractivity contribution is 0.354. The highest BCUT2D eigenvalue weighted by Gasteiger charge is 2.09. The molecule has 33 heavy (non-hydrogen) atoms. The maximum atomic E-state index is 5.47. The minimum atomic E-state index is 0. The fourth-order valence-electron chi connectivity index (χ4n) is 3.70. The van der Waals surface area contributed by atoms with Gasteiger partial charge in [-0.1, -0.05) is 54.6 Å². The largest absolute Gasteiger partial charge is 0.497 e. The second kappa shape index (κ2) is 13.6. The first-order valence-electron chi connectivity index (χ1n) is 11.0. The monoisotopic (exact) mass is 467 g/mol. The summed E-state index contributed by atoms with van der Waals surface area (Å²) in [6, 6.07) is 23.1. The first-order chi connectivity index (χ1) is 15.6. The number of hydrogen-bond donors (Lipinski definition) is 1. The van der Waals surface area contributed by atoms with Crippen LogP contribution in [0.25, 0.3) is 12.2 Å². The van der Waals surface area contributed by atoms with E-state index in [1.165, 1.54) is 22.3 Å². The molecule has 0 spiro atoms. The van der Waals surface area contributed by atoms with Crippen LogP contribution in [0.2, 0.25) is 0 Å². The quantitative estimate of drug-likeness (QED) is 0.347. The predicted molar refractivity (Wildman–Crippen MR) is 140 cm³/mol. The van der Waals surface area contributed by atoms with Gasteiger partial charge in [-0.05, 0) is 72.8 Å². The van der Waals surface area contributed by atoms with E-state index in [1.54, 1.807) is 21.3 Å². The Morgan fingerprint density at radius 1 is 0.818 bits per heavy atom. The Morgan fingerprint density at radius 2 is 1.58 bits per heavy atom. The van der Waals surface area contributed by atoms with Crippen LogP contribution < -0.4 is 19.5 Å². The van der Waals surface area contributed by atoms with Gasteiger partial charge in [-0.15, -0.1) is 12.4 Å². The molecule has 176 valence electrons. The molecule has 0 fully saturated rings. The standard InChI is InChI=1S/C28H33NO3.ClH/c1-21(29-17-16-23-11-15-27(31-3)28(19-23)32-4)18-25-20-26(30-2)14-13-24(25)12-10-22-8-6-5-7-9-22;/h5-15,19-21,29H,16-18H2,1-4H3;1H/b12-10+;. The van der Waals surface area contributed by atoms with E-state index in [2.05, 4.69) is 66.9 Å². The molecule has 3 aromatic rings. The molecule has 0 heterocycles. The normalized spacial score (nSPS) is 11.6. The van der Waals surface area contributed by atoms with Crippen LogP contribution in [-0.2, 0) is 12.8 Å². The van der Waals surface area contributed by atoms with E-state index in [-0.39, 0.29) is 12.4 Å². The van der Waals surface area contributed by atoms with Gasteiger partial charge in [0.25, 0.3) is 0 Å². The zero-order valence-corrected chi connectivity index (χ0v) is 20.7. The van der Waals surface area contributed by atoms with Gasteiger partial charge in [0.1, 0.15) is 5.75 Å². The van der Waals surface area contributed by atoms with Crippen molar-refractivity contribution in [1.29, 1.82) is 0 Å². The lowest BCUT2D eigenvalue weighted by atomic mass is 9.99. The molecule has 3 aromatic carbocycles. The van der Waals surface area contributed by atoms with Gasteiger partial charge in [-0.2, -0.15) is 0 Å². The molecule has 5 heteroatoms. The first-order valence-corrected chi connectivity index (χ1v) is 11.0. The Morgan fingerprint density at radius 3 is 2.27 bits per heavy atom. The van der Waals surface area contributed by atoms with E-state index >= 15 is 0 Å². The second-order valence-electron chi connectivity index (χ2n) is 7.81. The van der Waals surface area contributed by atoms with E-state index in [1.807, 2.05) is 24.3 Å². The Labute approximate surface area is 204 Å². The summed E-state index contributed by atoms with van der Waals surface area (Å²) in [6.45, 7) is 3.11. The van der Waals surface area contributed by atoms with Gasteiger partial charge >= 0.3 is 0 Å². The minimum absolute atomic E-state index is 0. The SMILES string of the molecule is COc1ccc(/C=C/c2ccccc2)c(CC(C)NCCc2ccc(OC)c(OC)c2)c1.Cl. The number of rotatable bonds is 11. The molecule has 0 aliphatic rings. The van der Waals surface area contributed by atoms with Crippen LogP contribution in [0.3, 0.4) is 0 Å². The first kappa shape index (κ1) is 26.3. The van der Waals surface area contributed by atoms with Crippen LogP contribution in [-0.4, -0.2) is 33.9 Å². The average molecular weight is 468 g/mol. The maximum Gasteiger partial charge on any atom is 0.160 e. The van der Waals surface area contributed by atoms with Crippen LogP contribution in [0.15, 0.2) is 66.7 Å². The van der Waals surface area contributed by atoms with Gasteiger partial charge in [-0.3, -0.25) is 0 Å². The number of ether oxygens (including phenoxy) is 3. The molecule has 3 rings (SSSR count). The van der Waals surface area contributed by atoms with Crippen molar-refractivity contribution < 1.29 is 14.2 Å². The smallest absolute Gasteiger partial charge is 0.160 e. The zero-order valence-electron chi connectivity index (χ0n) is 19.8. The summed E-state index contributed by atoms with van der Waals surface area (Å²) in [6.07, 6.45) is 6.17.